The third kappa shape index (κ3) is 4.92. The maximum atomic E-state index is 14.4. The zero-order valence-electron chi connectivity index (χ0n) is 14.2. The van der Waals surface area contributed by atoms with Crippen molar-refractivity contribution < 1.29 is 53.8 Å². The van der Waals surface area contributed by atoms with Crippen LogP contribution in [-0.2, 0) is 6.18 Å². The Morgan fingerprint density at radius 3 is 1.90 bits per heavy atom. The van der Waals surface area contributed by atoms with Gasteiger partial charge in [-0.1, -0.05) is 6.07 Å². The van der Waals surface area contributed by atoms with Crippen molar-refractivity contribution in [2.75, 3.05) is 0 Å². The van der Waals surface area contributed by atoms with Gasteiger partial charge in [-0.05, 0) is 35.9 Å². The Labute approximate surface area is 161 Å². The van der Waals surface area contributed by atoms with Crippen LogP contribution in [0.3, 0.4) is 0 Å². The molecule has 2 aromatic carbocycles. The molecule has 1 N–H and O–H groups in total. The maximum absolute atomic E-state index is 14.4. The van der Waals surface area contributed by atoms with Gasteiger partial charge in [-0.25, -0.2) is 22.4 Å². The normalized spacial score (nSPS) is 14.0. The van der Waals surface area contributed by atoms with E-state index in [1.54, 1.807) is 0 Å². The van der Waals surface area contributed by atoms with Crippen LogP contribution in [0.25, 0.3) is 5.83 Å². The van der Waals surface area contributed by atoms with E-state index in [0.29, 0.717) is 12.1 Å². The number of carbonyl (C=O) groups is 1. The fourth-order valence-corrected chi connectivity index (χ4v) is 2.49. The lowest BCUT2D eigenvalue weighted by Gasteiger charge is -2.18. The SMILES string of the molecule is O=C(O)c1ccc(/C(F)=C/C(c2cc(F)c(F)c(F)c2)C(F)(F)F)cc1C(F)(F)F. The van der Waals surface area contributed by atoms with Crippen LogP contribution in [0.4, 0.5) is 43.9 Å². The van der Waals surface area contributed by atoms with Crippen molar-refractivity contribution in [3.8, 4) is 0 Å². The molecule has 162 valence electrons. The Balaban J connectivity index is 2.62. The maximum Gasteiger partial charge on any atom is 0.417 e. The molecule has 0 aliphatic heterocycles. The second kappa shape index (κ2) is 8.00. The minimum Gasteiger partial charge on any atom is -0.478 e. The molecule has 0 aliphatic rings. The van der Waals surface area contributed by atoms with Gasteiger partial charge in [0, 0.05) is 5.56 Å². The number of rotatable bonds is 4. The fraction of sp³-hybridized carbons (Fsp3) is 0.167. The summed E-state index contributed by atoms with van der Waals surface area (Å²) in [6, 6.07) is 0.746. The summed E-state index contributed by atoms with van der Waals surface area (Å²) < 4.78 is 133. The van der Waals surface area contributed by atoms with Crippen molar-refractivity contribution >= 4 is 11.8 Å². The predicted octanol–water partition coefficient (Wildman–Crippen LogP) is 6.48. The van der Waals surface area contributed by atoms with E-state index in [1.165, 1.54) is 0 Å². The van der Waals surface area contributed by atoms with Gasteiger partial charge in [-0.2, -0.15) is 26.3 Å². The molecule has 1 atom stereocenters. The second-order valence-electron chi connectivity index (χ2n) is 5.90. The first-order chi connectivity index (χ1) is 13.6. The Morgan fingerprint density at radius 2 is 1.47 bits per heavy atom. The summed E-state index contributed by atoms with van der Waals surface area (Å²) in [5, 5.41) is 8.77. The first kappa shape index (κ1) is 23.2. The van der Waals surface area contributed by atoms with Gasteiger partial charge in [0.15, 0.2) is 17.5 Å². The molecule has 1 unspecified atom stereocenters. The van der Waals surface area contributed by atoms with Gasteiger partial charge in [-0.3, -0.25) is 0 Å². The number of benzene rings is 2. The highest BCUT2D eigenvalue weighted by Gasteiger charge is 2.41. The number of hydrogen-bond donors (Lipinski definition) is 1. The first-order valence-corrected chi connectivity index (χ1v) is 7.66. The van der Waals surface area contributed by atoms with Crippen LogP contribution in [0.1, 0.15) is 33.0 Å². The molecule has 2 aromatic rings. The van der Waals surface area contributed by atoms with Crippen LogP contribution in [0.15, 0.2) is 36.4 Å². The molecule has 2 rings (SSSR count). The highest BCUT2D eigenvalue weighted by atomic mass is 19.4. The zero-order chi connectivity index (χ0) is 23.0. The summed E-state index contributed by atoms with van der Waals surface area (Å²) in [6.07, 6.45) is -10.9. The van der Waals surface area contributed by atoms with E-state index in [-0.39, 0.29) is 24.3 Å². The molecule has 30 heavy (non-hydrogen) atoms. The molecule has 0 fully saturated rings. The minimum atomic E-state index is -5.36. The van der Waals surface area contributed by atoms with Crippen LogP contribution in [0.2, 0.25) is 0 Å². The van der Waals surface area contributed by atoms with Crippen molar-refractivity contribution in [1.82, 2.24) is 0 Å². The van der Waals surface area contributed by atoms with E-state index >= 15 is 0 Å². The predicted molar refractivity (Wildman–Crippen MR) is 82.6 cm³/mol. The van der Waals surface area contributed by atoms with E-state index in [0.717, 1.165) is 0 Å². The molecule has 0 aliphatic carbocycles. The number of allylic oxidation sites excluding steroid dienone is 1. The van der Waals surface area contributed by atoms with Crippen molar-refractivity contribution in [1.29, 1.82) is 0 Å². The number of hydrogen-bond acceptors (Lipinski definition) is 1. The number of carboxylic acid groups (broad SMARTS) is 1. The van der Waals surface area contributed by atoms with Crippen molar-refractivity contribution in [3.05, 3.63) is 76.1 Å². The Hall–Kier alpha value is -3.05. The third-order valence-corrected chi connectivity index (χ3v) is 3.86. The van der Waals surface area contributed by atoms with E-state index in [4.69, 9.17) is 5.11 Å². The fourth-order valence-electron chi connectivity index (χ4n) is 2.49. The van der Waals surface area contributed by atoms with Crippen molar-refractivity contribution in [2.24, 2.45) is 0 Å². The number of halogens is 10. The largest absolute Gasteiger partial charge is 0.478 e. The molecule has 0 aromatic heterocycles. The molecule has 12 heteroatoms. The summed E-state index contributed by atoms with van der Waals surface area (Å²) in [5.74, 6) is -13.0. The van der Waals surface area contributed by atoms with Crippen LogP contribution in [-0.4, -0.2) is 17.3 Å². The first-order valence-electron chi connectivity index (χ1n) is 7.66. The third-order valence-electron chi connectivity index (χ3n) is 3.86. The lowest BCUT2D eigenvalue weighted by atomic mass is 9.95. The van der Waals surface area contributed by atoms with Crippen LogP contribution >= 0.6 is 0 Å². The lowest BCUT2D eigenvalue weighted by Crippen LogP contribution is -2.20. The summed E-state index contributed by atoms with van der Waals surface area (Å²) >= 11 is 0. The Bertz CT molecular complexity index is 982. The number of alkyl halides is 6. The molecular formula is C18H8F10O2. The van der Waals surface area contributed by atoms with Gasteiger partial charge < -0.3 is 5.11 Å². The quantitative estimate of drug-likeness (QED) is 0.432. The smallest absolute Gasteiger partial charge is 0.417 e. The monoisotopic (exact) mass is 446 g/mol. The standard InChI is InChI=1S/C18H8F10O2/c19-12(7-1-2-9(16(29)30)11(3-7)18(26,27)28)6-10(17(23,24)25)8-4-13(20)15(22)14(21)5-8/h1-6,10H,(H,29,30)/b12-6-. The van der Waals surface area contributed by atoms with Crippen LogP contribution < -0.4 is 0 Å². The number of carboxylic acids is 1. The highest BCUT2D eigenvalue weighted by molar-refractivity contribution is 5.90. The number of aromatic carboxylic acids is 1. The molecule has 0 saturated heterocycles. The highest BCUT2D eigenvalue weighted by Crippen LogP contribution is 2.40. The topological polar surface area (TPSA) is 37.3 Å². The van der Waals surface area contributed by atoms with E-state index in [2.05, 4.69) is 0 Å². The Morgan fingerprint density at radius 1 is 0.933 bits per heavy atom. The van der Waals surface area contributed by atoms with Crippen LogP contribution in [0, 0.1) is 17.5 Å². The van der Waals surface area contributed by atoms with Crippen molar-refractivity contribution in [2.45, 2.75) is 18.3 Å². The minimum absolute atomic E-state index is 0.0193. The van der Waals surface area contributed by atoms with Gasteiger partial charge >= 0.3 is 18.3 Å². The molecule has 0 heterocycles. The van der Waals surface area contributed by atoms with Gasteiger partial charge in [-0.15, -0.1) is 0 Å². The van der Waals surface area contributed by atoms with E-state index in [1.807, 2.05) is 0 Å². The molecule has 0 radical (unpaired) electrons. The van der Waals surface area contributed by atoms with Crippen LogP contribution in [0.5, 0.6) is 0 Å². The molecular weight excluding hydrogens is 438 g/mol. The average molecular weight is 446 g/mol. The average Bonchev–Trinajstić information content (AvgIpc) is 2.61. The molecule has 0 bridgehead atoms. The summed E-state index contributed by atoms with van der Waals surface area (Å²) in [5.41, 5.74) is -5.40. The lowest BCUT2D eigenvalue weighted by molar-refractivity contribution is -0.140. The molecule has 0 saturated carbocycles. The van der Waals surface area contributed by atoms with Crippen molar-refractivity contribution in [3.63, 3.8) is 0 Å². The Kier molecular flexibility index (Phi) is 6.19. The summed E-state index contributed by atoms with van der Waals surface area (Å²) in [7, 11) is 0. The molecule has 0 spiro atoms. The van der Waals surface area contributed by atoms with E-state index < -0.39 is 69.8 Å². The molecule has 2 nitrogen and oxygen atoms in total. The van der Waals surface area contributed by atoms with Gasteiger partial charge in [0.05, 0.1) is 11.1 Å². The summed E-state index contributed by atoms with van der Waals surface area (Å²) in [6.45, 7) is 0. The summed E-state index contributed by atoms with van der Waals surface area (Å²) in [4.78, 5) is 10.9. The molecule has 0 amide bonds. The second-order valence-corrected chi connectivity index (χ2v) is 5.90. The van der Waals surface area contributed by atoms with Gasteiger partial charge in [0.1, 0.15) is 11.7 Å². The zero-order valence-corrected chi connectivity index (χ0v) is 14.2. The van der Waals surface area contributed by atoms with E-state index in [9.17, 15) is 48.7 Å². The van der Waals surface area contributed by atoms with Gasteiger partial charge in [0.25, 0.3) is 0 Å². The van der Waals surface area contributed by atoms with Gasteiger partial charge in [0.2, 0.25) is 0 Å².